The van der Waals surface area contributed by atoms with Gasteiger partial charge in [0.15, 0.2) is 0 Å². The van der Waals surface area contributed by atoms with Gasteiger partial charge in [-0.15, -0.1) is 0 Å². The Hall–Kier alpha value is -3.29. The largest absolute Gasteiger partial charge is 0.497 e. The molecular formula is C25H25ClFNO5. The molecule has 0 amide bonds. The van der Waals surface area contributed by atoms with Crippen LogP contribution >= 0.6 is 11.6 Å². The maximum atomic E-state index is 13.4. The van der Waals surface area contributed by atoms with E-state index in [2.05, 4.69) is 0 Å². The lowest BCUT2D eigenvalue weighted by Gasteiger charge is -2.23. The molecule has 0 bridgehead atoms. The van der Waals surface area contributed by atoms with Crippen LogP contribution in [0.15, 0.2) is 66.7 Å². The van der Waals surface area contributed by atoms with E-state index in [1.807, 2.05) is 0 Å². The second-order valence-electron chi connectivity index (χ2n) is 7.45. The Morgan fingerprint density at radius 1 is 1.03 bits per heavy atom. The van der Waals surface area contributed by atoms with Gasteiger partial charge in [0.05, 0.1) is 18.7 Å². The van der Waals surface area contributed by atoms with Gasteiger partial charge in [-0.05, 0) is 61.1 Å². The molecule has 0 aliphatic rings. The minimum atomic E-state index is -0.910. The van der Waals surface area contributed by atoms with Gasteiger partial charge < -0.3 is 19.3 Å². The summed E-state index contributed by atoms with van der Waals surface area (Å²) in [4.78, 5) is 12.6. The first kappa shape index (κ1) is 24.4. The molecule has 0 spiro atoms. The molecule has 0 aliphatic heterocycles. The molecular weight excluding hydrogens is 449 g/mol. The highest BCUT2D eigenvalue weighted by Gasteiger charge is 2.18. The first-order valence-electron chi connectivity index (χ1n) is 10.3. The number of hydrogen-bond donors (Lipinski definition) is 1. The zero-order chi connectivity index (χ0) is 23.8. The molecule has 1 N–H and O–H groups in total. The van der Waals surface area contributed by atoms with E-state index in [9.17, 15) is 9.18 Å². The Kier molecular flexibility index (Phi) is 8.52. The highest BCUT2D eigenvalue weighted by atomic mass is 35.5. The average Bonchev–Trinajstić information content (AvgIpc) is 2.78. The lowest BCUT2D eigenvalue weighted by Crippen LogP contribution is -2.28. The maximum Gasteiger partial charge on any atom is 0.317 e. The van der Waals surface area contributed by atoms with E-state index < -0.39 is 12.1 Å². The van der Waals surface area contributed by atoms with Crippen molar-refractivity contribution in [3.8, 4) is 23.0 Å². The van der Waals surface area contributed by atoms with E-state index in [0.29, 0.717) is 35.2 Å². The van der Waals surface area contributed by atoms with Crippen LogP contribution in [-0.2, 0) is 4.79 Å². The second-order valence-corrected chi connectivity index (χ2v) is 7.86. The quantitative estimate of drug-likeness (QED) is 0.379. The van der Waals surface area contributed by atoms with Crippen LogP contribution in [0.2, 0.25) is 5.02 Å². The molecule has 1 unspecified atom stereocenters. The third-order valence-corrected chi connectivity index (χ3v) is 5.18. The fourth-order valence-electron chi connectivity index (χ4n) is 3.19. The number of halogens is 2. The number of rotatable bonds is 11. The Balaban J connectivity index is 1.73. The fraction of sp³-hybridized carbons (Fsp3) is 0.240. The fourth-order valence-corrected chi connectivity index (χ4v) is 3.41. The minimum absolute atomic E-state index is 0.0890. The van der Waals surface area contributed by atoms with Crippen molar-refractivity contribution in [2.24, 2.45) is 0 Å². The topological polar surface area (TPSA) is 68.2 Å². The van der Waals surface area contributed by atoms with Gasteiger partial charge in [-0.1, -0.05) is 23.7 Å². The van der Waals surface area contributed by atoms with Gasteiger partial charge in [0.1, 0.15) is 34.9 Å². The second kappa shape index (κ2) is 11.5. The van der Waals surface area contributed by atoms with Crippen molar-refractivity contribution in [1.29, 1.82) is 0 Å². The van der Waals surface area contributed by atoms with E-state index in [1.54, 1.807) is 73.7 Å². The molecule has 0 radical (unpaired) electrons. The molecule has 8 heteroatoms. The number of ether oxygens (including phenoxy) is 3. The molecule has 0 saturated carbocycles. The molecule has 0 heterocycles. The molecule has 6 nitrogen and oxygen atoms in total. The van der Waals surface area contributed by atoms with Crippen molar-refractivity contribution in [2.75, 3.05) is 27.2 Å². The number of nitrogens with zero attached hydrogens (tertiary/aromatic N) is 1. The molecule has 0 aromatic heterocycles. The van der Waals surface area contributed by atoms with Gasteiger partial charge in [-0.3, -0.25) is 9.69 Å². The number of benzene rings is 3. The van der Waals surface area contributed by atoms with Crippen LogP contribution in [0.25, 0.3) is 0 Å². The zero-order valence-electron chi connectivity index (χ0n) is 18.3. The Bertz CT molecular complexity index is 1060. The van der Waals surface area contributed by atoms with Crippen LogP contribution in [0, 0.1) is 5.82 Å². The number of carboxylic acid groups (broad SMARTS) is 1. The molecule has 33 heavy (non-hydrogen) atoms. The predicted octanol–water partition coefficient (Wildman–Crippen LogP) is 5.81. The number of hydrogen-bond acceptors (Lipinski definition) is 5. The van der Waals surface area contributed by atoms with Crippen LogP contribution in [0.1, 0.15) is 18.1 Å². The summed E-state index contributed by atoms with van der Waals surface area (Å²) in [6.45, 7) is 0.374. The summed E-state index contributed by atoms with van der Waals surface area (Å²) in [7, 11) is 3.31. The Morgan fingerprint density at radius 2 is 1.67 bits per heavy atom. The summed E-state index contributed by atoms with van der Waals surface area (Å²) in [5, 5.41) is 9.33. The molecule has 3 rings (SSSR count). The van der Waals surface area contributed by atoms with Crippen molar-refractivity contribution in [2.45, 2.75) is 12.5 Å². The van der Waals surface area contributed by atoms with Crippen LogP contribution < -0.4 is 14.2 Å². The van der Waals surface area contributed by atoms with Crippen LogP contribution in [0.5, 0.6) is 23.0 Å². The predicted molar refractivity (Wildman–Crippen MR) is 124 cm³/mol. The Labute approximate surface area is 197 Å². The van der Waals surface area contributed by atoms with Crippen LogP contribution in [0.4, 0.5) is 4.39 Å². The standard InChI is InChI=1S/C25H25ClFNO5/c1-28(16-25(29)30)14-13-23(17-3-5-18(27)6-4-17)33-24-12-11-21(15-22(24)26)32-20-9-7-19(31-2)8-10-20/h3-12,15,23H,13-14,16H2,1-2H3,(H,29,30). The molecule has 0 fully saturated rings. The average molecular weight is 474 g/mol. The monoisotopic (exact) mass is 473 g/mol. The first-order chi connectivity index (χ1) is 15.8. The van der Waals surface area contributed by atoms with E-state index in [4.69, 9.17) is 30.9 Å². The van der Waals surface area contributed by atoms with Crippen molar-refractivity contribution in [3.63, 3.8) is 0 Å². The zero-order valence-corrected chi connectivity index (χ0v) is 19.1. The molecule has 174 valence electrons. The minimum Gasteiger partial charge on any atom is -0.497 e. The maximum absolute atomic E-state index is 13.4. The van der Waals surface area contributed by atoms with Gasteiger partial charge in [-0.25, -0.2) is 4.39 Å². The number of likely N-dealkylation sites (N-methyl/N-ethyl adjacent to an activating group) is 1. The van der Waals surface area contributed by atoms with Crippen molar-refractivity contribution >= 4 is 17.6 Å². The molecule has 3 aromatic carbocycles. The molecule has 0 saturated heterocycles. The SMILES string of the molecule is COc1ccc(Oc2ccc(OC(CCN(C)CC(=O)O)c3ccc(F)cc3)c(Cl)c2)cc1. The summed E-state index contributed by atoms with van der Waals surface area (Å²) in [5.41, 5.74) is 0.759. The number of carbonyl (C=O) groups is 1. The summed E-state index contributed by atoms with van der Waals surface area (Å²) in [6.07, 6.45) is 0.0308. The van der Waals surface area contributed by atoms with Gasteiger partial charge in [-0.2, -0.15) is 0 Å². The summed E-state index contributed by atoms with van der Waals surface area (Å²) in [5.74, 6) is 1.08. The summed E-state index contributed by atoms with van der Waals surface area (Å²) >= 11 is 6.46. The van der Waals surface area contributed by atoms with Crippen molar-refractivity contribution in [1.82, 2.24) is 4.90 Å². The van der Waals surface area contributed by atoms with Crippen molar-refractivity contribution in [3.05, 3.63) is 83.1 Å². The number of aliphatic carboxylic acids is 1. The Morgan fingerprint density at radius 3 is 2.27 bits per heavy atom. The van der Waals surface area contributed by atoms with E-state index >= 15 is 0 Å². The first-order valence-corrected chi connectivity index (χ1v) is 10.7. The van der Waals surface area contributed by atoms with Gasteiger partial charge in [0.25, 0.3) is 0 Å². The molecule has 0 aliphatic carbocycles. The molecule has 1 atom stereocenters. The lowest BCUT2D eigenvalue weighted by atomic mass is 10.1. The van der Waals surface area contributed by atoms with E-state index in [-0.39, 0.29) is 12.4 Å². The number of carboxylic acids is 1. The summed E-state index contributed by atoms with van der Waals surface area (Å²) < 4.78 is 30.5. The van der Waals surface area contributed by atoms with Gasteiger partial charge in [0, 0.05) is 19.0 Å². The molecule has 3 aromatic rings. The lowest BCUT2D eigenvalue weighted by molar-refractivity contribution is -0.138. The highest BCUT2D eigenvalue weighted by Crippen LogP contribution is 2.35. The van der Waals surface area contributed by atoms with E-state index in [0.717, 1.165) is 11.3 Å². The summed E-state index contributed by atoms with van der Waals surface area (Å²) in [6, 6.07) is 18.3. The third-order valence-electron chi connectivity index (χ3n) is 4.89. The van der Waals surface area contributed by atoms with Gasteiger partial charge in [0.2, 0.25) is 0 Å². The smallest absolute Gasteiger partial charge is 0.317 e. The third kappa shape index (κ3) is 7.37. The van der Waals surface area contributed by atoms with Crippen molar-refractivity contribution < 1.29 is 28.5 Å². The normalized spacial score (nSPS) is 11.8. The van der Waals surface area contributed by atoms with Crippen LogP contribution in [0.3, 0.4) is 0 Å². The van der Waals surface area contributed by atoms with Crippen LogP contribution in [-0.4, -0.2) is 43.2 Å². The van der Waals surface area contributed by atoms with Gasteiger partial charge >= 0.3 is 5.97 Å². The van der Waals surface area contributed by atoms with E-state index in [1.165, 1.54) is 12.1 Å². The highest BCUT2D eigenvalue weighted by molar-refractivity contribution is 6.32. The number of methoxy groups -OCH3 is 1.